The van der Waals surface area contributed by atoms with Crippen molar-refractivity contribution >= 4 is 27.0 Å². The quantitative estimate of drug-likeness (QED) is 0.715. The minimum absolute atomic E-state index is 0.108. The molecule has 0 aliphatic carbocycles. The Balaban J connectivity index is 1.61. The lowest BCUT2D eigenvalue weighted by Crippen LogP contribution is -2.44. The van der Waals surface area contributed by atoms with Gasteiger partial charge < -0.3 is 9.32 Å². The number of fused-ring (bicyclic) bond motifs is 1. The maximum absolute atomic E-state index is 13.2. The predicted molar refractivity (Wildman–Crippen MR) is 117 cm³/mol. The molecule has 2 saturated heterocycles. The number of oxazole rings is 1. The second kappa shape index (κ2) is 8.43. The maximum atomic E-state index is 13.2. The van der Waals surface area contributed by atoms with Crippen molar-refractivity contribution in [1.29, 1.82) is 0 Å². The summed E-state index contributed by atoms with van der Waals surface area (Å²) in [6, 6.07) is 4.62. The summed E-state index contributed by atoms with van der Waals surface area (Å²) in [6.45, 7) is 7.69. The van der Waals surface area contributed by atoms with E-state index in [9.17, 15) is 18.0 Å². The third-order valence-corrected chi connectivity index (χ3v) is 8.36. The summed E-state index contributed by atoms with van der Waals surface area (Å²) in [5.74, 6) is -0.179. The van der Waals surface area contributed by atoms with E-state index in [2.05, 4.69) is 13.8 Å². The van der Waals surface area contributed by atoms with Gasteiger partial charge in [-0.25, -0.2) is 13.2 Å². The summed E-state index contributed by atoms with van der Waals surface area (Å²) in [4.78, 5) is 27.2. The minimum Gasteiger partial charge on any atom is -0.408 e. The van der Waals surface area contributed by atoms with Gasteiger partial charge in [-0.15, -0.1) is 0 Å². The van der Waals surface area contributed by atoms with Crippen LogP contribution in [0.2, 0.25) is 0 Å². The van der Waals surface area contributed by atoms with Crippen molar-refractivity contribution in [1.82, 2.24) is 13.8 Å². The van der Waals surface area contributed by atoms with Crippen molar-refractivity contribution in [3.05, 3.63) is 28.7 Å². The molecule has 2 aliphatic heterocycles. The predicted octanol–water partition coefficient (Wildman–Crippen LogP) is 2.66. The fraction of sp³-hybridized carbons (Fsp3) is 0.636. The van der Waals surface area contributed by atoms with Crippen LogP contribution in [0.15, 0.2) is 32.3 Å². The topological polar surface area (TPSA) is 92.8 Å². The summed E-state index contributed by atoms with van der Waals surface area (Å²) in [5.41, 5.74) is 0.617. The van der Waals surface area contributed by atoms with Crippen LogP contribution in [-0.2, 0) is 21.4 Å². The molecule has 1 amide bonds. The fourth-order valence-electron chi connectivity index (χ4n) is 5.00. The van der Waals surface area contributed by atoms with Gasteiger partial charge >= 0.3 is 5.76 Å². The van der Waals surface area contributed by atoms with Crippen LogP contribution in [-0.4, -0.2) is 53.8 Å². The molecular formula is C22H31N3O5S. The van der Waals surface area contributed by atoms with Crippen LogP contribution in [0.4, 0.5) is 0 Å². The lowest BCUT2D eigenvalue weighted by atomic mass is 9.94. The van der Waals surface area contributed by atoms with E-state index in [4.69, 9.17) is 4.42 Å². The number of aromatic nitrogens is 1. The molecule has 3 atom stereocenters. The highest BCUT2D eigenvalue weighted by Crippen LogP contribution is 2.28. The van der Waals surface area contributed by atoms with Gasteiger partial charge in [0.2, 0.25) is 15.9 Å². The summed E-state index contributed by atoms with van der Waals surface area (Å²) in [5, 5.41) is 0. The van der Waals surface area contributed by atoms with E-state index in [-0.39, 0.29) is 29.0 Å². The fourth-order valence-corrected chi connectivity index (χ4v) is 6.70. The summed E-state index contributed by atoms with van der Waals surface area (Å²) in [6.07, 6.45) is 4.03. The molecule has 0 saturated carbocycles. The van der Waals surface area contributed by atoms with E-state index in [1.165, 1.54) is 21.0 Å². The summed E-state index contributed by atoms with van der Waals surface area (Å²) < 4.78 is 34.5. The van der Waals surface area contributed by atoms with E-state index in [0.29, 0.717) is 37.0 Å². The van der Waals surface area contributed by atoms with Crippen molar-refractivity contribution in [3.63, 3.8) is 0 Å². The Bertz CT molecular complexity index is 1130. The van der Waals surface area contributed by atoms with Gasteiger partial charge in [0.25, 0.3) is 0 Å². The van der Waals surface area contributed by atoms with Crippen LogP contribution < -0.4 is 5.76 Å². The molecule has 0 bridgehead atoms. The molecule has 9 heteroatoms. The molecule has 0 N–H and O–H groups in total. The molecule has 2 aliphatic rings. The van der Waals surface area contributed by atoms with Crippen molar-refractivity contribution < 1.29 is 17.6 Å². The van der Waals surface area contributed by atoms with Gasteiger partial charge in [-0.05, 0) is 56.6 Å². The van der Waals surface area contributed by atoms with Gasteiger partial charge in [0.05, 0.1) is 10.4 Å². The lowest BCUT2D eigenvalue weighted by Gasteiger charge is -2.34. The maximum Gasteiger partial charge on any atom is 0.420 e. The number of sulfonamides is 1. The van der Waals surface area contributed by atoms with Crippen LogP contribution >= 0.6 is 0 Å². The molecule has 4 rings (SSSR count). The molecule has 1 aromatic carbocycles. The number of likely N-dealkylation sites (tertiary alicyclic amines) is 1. The first-order valence-corrected chi connectivity index (χ1v) is 12.5. The van der Waals surface area contributed by atoms with Gasteiger partial charge in [-0.2, -0.15) is 4.31 Å². The van der Waals surface area contributed by atoms with E-state index >= 15 is 0 Å². The number of amides is 1. The summed E-state index contributed by atoms with van der Waals surface area (Å²) >= 11 is 0. The third kappa shape index (κ3) is 4.30. The van der Waals surface area contributed by atoms with E-state index < -0.39 is 15.8 Å². The molecule has 0 radical (unpaired) electrons. The molecule has 2 fully saturated rings. The average Bonchev–Trinajstić information content (AvgIpc) is 3.02. The normalized spacial score (nSPS) is 25.8. The highest BCUT2D eigenvalue weighted by molar-refractivity contribution is 7.89. The number of carbonyl (C=O) groups excluding carboxylic acids is 1. The van der Waals surface area contributed by atoms with Crippen molar-refractivity contribution in [2.24, 2.45) is 11.8 Å². The SMILES string of the molecule is CC1CC(C)CN(S(=O)(=O)c2ccc3c(c2)oc(=O)n3CC(=O)N2CCCCC2C)C1. The van der Waals surface area contributed by atoms with Crippen molar-refractivity contribution in [3.8, 4) is 0 Å². The van der Waals surface area contributed by atoms with Gasteiger partial charge in [0, 0.05) is 31.7 Å². The second-order valence-corrected chi connectivity index (χ2v) is 11.2. The Morgan fingerprint density at radius 2 is 1.84 bits per heavy atom. The van der Waals surface area contributed by atoms with Gasteiger partial charge in [-0.3, -0.25) is 9.36 Å². The van der Waals surface area contributed by atoms with E-state index in [1.807, 2.05) is 11.8 Å². The number of nitrogens with zero attached hydrogens (tertiary/aromatic N) is 3. The van der Waals surface area contributed by atoms with Crippen molar-refractivity contribution in [2.75, 3.05) is 19.6 Å². The molecule has 3 heterocycles. The van der Waals surface area contributed by atoms with Crippen LogP contribution in [0.5, 0.6) is 0 Å². The highest BCUT2D eigenvalue weighted by Gasteiger charge is 2.32. The molecule has 170 valence electrons. The van der Waals surface area contributed by atoms with Crippen LogP contribution in [0, 0.1) is 11.8 Å². The molecule has 0 spiro atoms. The highest BCUT2D eigenvalue weighted by atomic mass is 32.2. The van der Waals surface area contributed by atoms with Crippen LogP contribution in [0.25, 0.3) is 11.1 Å². The van der Waals surface area contributed by atoms with E-state index in [1.54, 1.807) is 6.07 Å². The molecular weight excluding hydrogens is 418 g/mol. The minimum atomic E-state index is -3.68. The molecule has 31 heavy (non-hydrogen) atoms. The zero-order valence-corrected chi connectivity index (χ0v) is 19.2. The Morgan fingerprint density at radius 1 is 1.13 bits per heavy atom. The summed E-state index contributed by atoms with van der Waals surface area (Å²) in [7, 11) is -3.68. The van der Waals surface area contributed by atoms with E-state index in [0.717, 1.165) is 25.7 Å². The number of carbonyl (C=O) groups is 1. The Morgan fingerprint density at radius 3 is 2.52 bits per heavy atom. The Labute approximate surface area is 182 Å². The van der Waals surface area contributed by atoms with Gasteiger partial charge in [0.15, 0.2) is 5.58 Å². The average molecular weight is 450 g/mol. The van der Waals surface area contributed by atoms with Crippen LogP contribution in [0.1, 0.15) is 46.5 Å². The molecule has 8 nitrogen and oxygen atoms in total. The second-order valence-electron chi connectivity index (χ2n) is 9.28. The Hall–Kier alpha value is -2.13. The first-order valence-electron chi connectivity index (χ1n) is 11.1. The molecule has 2 aromatic rings. The standard InChI is InChI=1S/C22H31N3O5S/c1-15-10-16(2)13-23(12-15)31(28,29)18-7-8-19-20(11-18)30-22(27)25(19)14-21(26)24-9-5-4-6-17(24)3/h7-8,11,15-17H,4-6,9-10,12-14H2,1-3H3. The Kier molecular flexibility index (Phi) is 6.00. The van der Waals surface area contributed by atoms with Gasteiger partial charge in [-0.1, -0.05) is 13.8 Å². The van der Waals surface area contributed by atoms with Crippen LogP contribution in [0.3, 0.4) is 0 Å². The zero-order valence-electron chi connectivity index (χ0n) is 18.4. The number of piperidine rings is 2. The third-order valence-electron chi connectivity index (χ3n) is 6.53. The first-order chi connectivity index (χ1) is 14.7. The van der Waals surface area contributed by atoms with Gasteiger partial charge in [0.1, 0.15) is 6.54 Å². The lowest BCUT2D eigenvalue weighted by molar-refractivity contribution is -0.135. The largest absolute Gasteiger partial charge is 0.420 e. The number of hydrogen-bond acceptors (Lipinski definition) is 5. The number of rotatable bonds is 4. The number of hydrogen-bond donors (Lipinski definition) is 0. The zero-order chi connectivity index (χ0) is 22.3. The first kappa shape index (κ1) is 22.1. The monoisotopic (exact) mass is 449 g/mol. The number of benzene rings is 1. The molecule has 3 unspecified atom stereocenters. The molecule has 1 aromatic heterocycles. The van der Waals surface area contributed by atoms with Crippen molar-refractivity contribution in [2.45, 2.75) is 63.9 Å². The smallest absolute Gasteiger partial charge is 0.408 e.